The molecule has 1 amide bonds. The van der Waals surface area contributed by atoms with Crippen LogP contribution in [0.1, 0.15) is 23.7 Å². The van der Waals surface area contributed by atoms with E-state index in [1.807, 2.05) is 19.9 Å². The maximum atomic E-state index is 11.8. The molecular formula is C17H17N5O. The fourth-order valence-electron chi connectivity index (χ4n) is 2.32. The first-order valence-electron chi connectivity index (χ1n) is 7.25. The fourth-order valence-corrected chi connectivity index (χ4v) is 2.32. The summed E-state index contributed by atoms with van der Waals surface area (Å²) in [5, 5.41) is 3.58. The van der Waals surface area contributed by atoms with Gasteiger partial charge in [-0.2, -0.15) is 4.99 Å². The molecule has 0 bridgehead atoms. The number of aliphatic imine (C=N–C) groups is 2. The van der Waals surface area contributed by atoms with E-state index in [2.05, 4.69) is 44.8 Å². The first-order chi connectivity index (χ1) is 10.8. The van der Waals surface area contributed by atoms with E-state index >= 15 is 0 Å². The molecule has 116 valence electrons. The predicted octanol–water partition coefficient (Wildman–Crippen LogP) is 2.69. The zero-order valence-electron chi connectivity index (χ0n) is 13.6. The number of aromatic nitrogens is 2. The summed E-state index contributed by atoms with van der Waals surface area (Å²) in [7, 11) is 0. The Hall–Kier alpha value is -2.89. The topological polar surface area (TPSA) is 79.6 Å². The number of guanidine groups is 1. The van der Waals surface area contributed by atoms with Crippen LogP contribution in [0.4, 0.5) is 5.95 Å². The van der Waals surface area contributed by atoms with E-state index < -0.39 is 0 Å². The molecule has 0 saturated heterocycles. The van der Waals surface area contributed by atoms with Crippen molar-refractivity contribution in [1.29, 1.82) is 0 Å². The van der Waals surface area contributed by atoms with Crippen molar-refractivity contribution in [3.05, 3.63) is 41.1 Å². The van der Waals surface area contributed by atoms with Crippen LogP contribution in [0.15, 0.2) is 34.3 Å². The second-order valence-corrected chi connectivity index (χ2v) is 5.63. The molecular weight excluding hydrogens is 290 g/mol. The van der Waals surface area contributed by atoms with Gasteiger partial charge in [-0.15, -0.1) is 0 Å². The highest BCUT2D eigenvalue weighted by molar-refractivity contribution is 6.29. The minimum atomic E-state index is -0.305. The molecule has 0 fully saturated rings. The van der Waals surface area contributed by atoms with Crippen molar-refractivity contribution in [2.24, 2.45) is 9.98 Å². The molecule has 0 spiro atoms. The van der Waals surface area contributed by atoms with Gasteiger partial charge < -0.3 is 0 Å². The lowest BCUT2D eigenvalue weighted by Gasteiger charge is -2.13. The van der Waals surface area contributed by atoms with Gasteiger partial charge in [0.25, 0.3) is 11.9 Å². The van der Waals surface area contributed by atoms with Gasteiger partial charge in [0.1, 0.15) is 0 Å². The van der Waals surface area contributed by atoms with Gasteiger partial charge in [0.15, 0.2) is 0 Å². The number of nitrogens with zero attached hydrogens (tertiary/aromatic N) is 4. The lowest BCUT2D eigenvalue weighted by atomic mass is 10.1. The number of hydrogen-bond acceptors (Lipinski definition) is 4. The van der Waals surface area contributed by atoms with Crippen LogP contribution < -0.4 is 5.32 Å². The van der Waals surface area contributed by atoms with Crippen LogP contribution in [-0.2, 0) is 4.79 Å². The summed E-state index contributed by atoms with van der Waals surface area (Å²) in [5.74, 6) is 0.153. The molecule has 1 aliphatic heterocycles. The van der Waals surface area contributed by atoms with Gasteiger partial charge in [-0.25, -0.2) is 15.0 Å². The Morgan fingerprint density at radius 3 is 2.48 bits per heavy atom. The molecule has 1 aromatic carbocycles. The summed E-state index contributed by atoms with van der Waals surface area (Å²) in [5.41, 5.74) is 4.89. The van der Waals surface area contributed by atoms with E-state index in [1.165, 1.54) is 5.56 Å². The lowest BCUT2D eigenvalue weighted by molar-refractivity contribution is -0.115. The van der Waals surface area contributed by atoms with Crippen LogP contribution in [0, 0.1) is 20.8 Å². The number of nitrogens with one attached hydrogen (secondary N) is 1. The molecule has 1 N–H and O–H groups in total. The van der Waals surface area contributed by atoms with Crippen molar-refractivity contribution in [2.75, 3.05) is 0 Å². The number of benzene rings is 1. The zero-order chi connectivity index (χ0) is 16.7. The van der Waals surface area contributed by atoms with Crippen LogP contribution in [0.25, 0.3) is 10.9 Å². The first-order valence-corrected chi connectivity index (χ1v) is 7.25. The molecule has 0 aliphatic carbocycles. The highest BCUT2D eigenvalue weighted by atomic mass is 16.2. The van der Waals surface area contributed by atoms with E-state index in [9.17, 15) is 4.79 Å². The molecule has 0 unspecified atom stereocenters. The third-order valence-electron chi connectivity index (χ3n) is 3.91. The van der Waals surface area contributed by atoms with Crippen molar-refractivity contribution in [2.45, 2.75) is 27.7 Å². The number of aryl methyl sites for hydroxylation is 3. The predicted molar refractivity (Wildman–Crippen MR) is 91.2 cm³/mol. The molecule has 0 saturated carbocycles. The Kier molecular flexibility index (Phi) is 3.52. The Morgan fingerprint density at radius 2 is 1.78 bits per heavy atom. The summed E-state index contributed by atoms with van der Waals surface area (Å²) >= 11 is 0. The standard InChI is InChI=1S/C17H17N5O/c1-8-6-13-12(5)19-16(20-14(13)7-9(8)2)22-17-18-11(4)10(3)15(23)21-17/h6-7H,3H2,1-2,4-5H3,(H,19,20,21,22,23). The van der Waals surface area contributed by atoms with Crippen LogP contribution in [-0.4, -0.2) is 27.5 Å². The fraction of sp³-hybridized carbons (Fsp3) is 0.235. The quantitative estimate of drug-likeness (QED) is 0.823. The Balaban J connectivity index is 2.11. The Bertz CT molecular complexity index is 924. The molecule has 1 aliphatic rings. The number of amides is 1. The maximum absolute atomic E-state index is 11.8. The second kappa shape index (κ2) is 5.39. The molecule has 1 aromatic heterocycles. The second-order valence-electron chi connectivity index (χ2n) is 5.63. The zero-order valence-corrected chi connectivity index (χ0v) is 13.6. The third kappa shape index (κ3) is 2.75. The number of fused-ring (bicyclic) bond motifs is 1. The van der Waals surface area contributed by atoms with E-state index in [-0.39, 0.29) is 17.8 Å². The van der Waals surface area contributed by atoms with Crippen LogP contribution in [0.5, 0.6) is 0 Å². The summed E-state index contributed by atoms with van der Waals surface area (Å²) < 4.78 is 0. The minimum absolute atomic E-state index is 0.183. The average Bonchev–Trinajstić information content (AvgIpc) is 2.47. The number of rotatable bonds is 1. The highest BCUT2D eigenvalue weighted by Crippen LogP contribution is 2.22. The highest BCUT2D eigenvalue weighted by Gasteiger charge is 2.19. The van der Waals surface area contributed by atoms with Crippen molar-refractivity contribution in [3.63, 3.8) is 0 Å². The van der Waals surface area contributed by atoms with Crippen LogP contribution in [0.3, 0.4) is 0 Å². The number of carbonyl (C=O) groups excluding carboxylic acids is 1. The smallest absolute Gasteiger partial charge is 0.259 e. The first kappa shape index (κ1) is 15.0. The van der Waals surface area contributed by atoms with Gasteiger partial charge in [0.05, 0.1) is 22.5 Å². The van der Waals surface area contributed by atoms with Crippen molar-refractivity contribution in [1.82, 2.24) is 15.3 Å². The summed E-state index contributed by atoms with van der Waals surface area (Å²) in [6.45, 7) is 11.4. The average molecular weight is 307 g/mol. The van der Waals surface area contributed by atoms with Gasteiger partial charge in [0.2, 0.25) is 5.96 Å². The summed E-state index contributed by atoms with van der Waals surface area (Å²) in [6, 6.07) is 4.09. The molecule has 6 nitrogen and oxygen atoms in total. The molecule has 23 heavy (non-hydrogen) atoms. The van der Waals surface area contributed by atoms with Crippen LogP contribution >= 0.6 is 0 Å². The summed E-state index contributed by atoms with van der Waals surface area (Å²) in [4.78, 5) is 29.1. The van der Waals surface area contributed by atoms with E-state index in [0.717, 1.165) is 22.2 Å². The molecule has 6 heteroatoms. The molecule has 0 radical (unpaired) electrons. The number of hydrogen-bond donors (Lipinski definition) is 1. The van der Waals surface area contributed by atoms with Crippen LogP contribution in [0.2, 0.25) is 0 Å². The van der Waals surface area contributed by atoms with Crippen molar-refractivity contribution >= 4 is 34.4 Å². The molecule has 2 aromatic rings. The maximum Gasteiger partial charge on any atom is 0.259 e. The lowest BCUT2D eigenvalue weighted by Crippen LogP contribution is -2.37. The summed E-state index contributed by atoms with van der Waals surface area (Å²) in [6.07, 6.45) is 0. The van der Waals surface area contributed by atoms with Gasteiger partial charge in [-0.1, -0.05) is 6.58 Å². The monoisotopic (exact) mass is 307 g/mol. The van der Waals surface area contributed by atoms with E-state index in [4.69, 9.17) is 0 Å². The van der Waals surface area contributed by atoms with E-state index in [1.54, 1.807) is 6.92 Å². The van der Waals surface area contributed by atoms with E-state index in [0.29, 0.717) is 11.3 Å². The van der Waals surface area contributed by atoms with Gasteiger partial charge in [0, 0.05) is 5.39 Å². The molecule has 0 atom stereocenters. The molecule has 2 heterocycles. The third-order valence-corrected chi connectivity index (χ3v) is 3.91. The van der Waals surface area contributed by atoms with Crippen molar-refractivity contribution in [3.8, 4) is 0 Å². The van der Waals surface area contributed by atoms with Gasteiger partial charge >= 0.3 is 0 Å². The van der Waals surface area contributed by atoms with Gasteiger partial charge in [-0.3, -0.25) is 10.1 Å². The Labute approximate surface area is 134 Å². The largest absolute Gasteiger partial charge is 0.290 e. The molecule has 3 rings (SSSR count). The Morgan fingerprint density at radius 1 is 1.09 bits per heavy atom. The SMILES string of the molecule is C=C1C(=O)N/C(=N\c2nc(C)c3cc(C)c(C)cc3n2)N=C1C. The van der Waals surface area contributed by atoms with Gasteiger partial charge in [-0.05, 0) is 51.0 Å². The minimum Gasteiger partial charge on any atom is -0.290 e. The number of carbonyl (C=O) groups is 1. The van der Waals surface area contributed by atoms with Crippen molar-refractivity contribution < 1.29 is 4.79 Å². The normalized spacial score (nSPS) is 16.7.